The van der Waals surface area contributed by atoms with Crippen LogP contribution in [0.1, 0.15) is 55.4 Å². The van der Waals surface area contributed by atoms with Crippen molar-refractivity contribution in [3.8, 4) is 0 Å². The molecular formula is C14H23N3S2. The maximum Gasteiger partial charge on any atom is 0.145 e. The van der Waals surface area contributed by atoms with Crippen LogP contribution in [0.4, 0.5) is 5.82 Å². The van der Waals surface area contributed by atoms with Crippen LogP contribution in [0, 0.1) is 6.92 Å². The second-order valence-electron chi connectivity index (χ2n) is 5.23. The van der Waals surface area contributed by atoms with Crippen LogP contribution in [0.2, 0.25) is 0 Å². The molecule has 1 aliphatic rings. The van der Waals surface area contributed by atoms with Crippen LogP contribution in [0.5, 0.6) is 0 Å². The summed E-state index contributed by atoms with van der Waals surface area (Å²) in [7, 11) is 0. The smallest absolute Gasteiger partial charge is 0.145 e. The lowest BCUT2D eigenvalue weighted by atomic mass is 10.0. The van der Waals surface area contributed by atoms with E-state index in [2.05, 4.69) is 32.7 Å². The average Bonchev–Trinajstić information content (AvgIpc) is 2.37. The van der Waals surface area contributed by atoms with Gasteiger partial charge in [0.25, 0.3) is 0 Å². The van der Waals surface area contributed by atoms with E-state index in [9.17, 15) is 0 Å². The highest BCUT2D eigenvalue weighted by Gasteiger charge is 2.29. The number of anilines is 1. The number of hydrogen-bond acceptors (Lipinski definition) is 5. The molecule has 106 valence electrons. The summed E-state index contributed by atoms with van der Waals surface area (Å²) in [6, 6.07) is 0. The molecule has 1 aliphatic heterocycles. The van der Waals surface area contributed by atoms with Crippen molar-refractivity contribution in [1.29, 1.82) is 0 Å². The van der Waals surface area contributed by atoms with Gasteiger partial charge in [0.15, 0.2) is 0 Å². The van der Waals surface area contributed by atoms with E-state index in [0.717, 1.165) is 23.5 Å². The molecule has 1 saturated heterocycles. The Kier molecular flexibility index (Phi) is 5.01. The van der Waals surface area contributed by atoms with Crippen LogP contribution < -0.4 is 5.73 Å². The SMILES string of the molecule is CCC1SCCSC1c1nc(C)c(C(C)C)c(N)n1. The Morgan fingerprint density at radius 3 is 2.53 bits per heavy atom. The molecule has 0 amide bonds. The lowest BCUT2D eigenvalue weighted by Gasteiger charge is -2.29. The van der Waals surface area contributed by atoms with Crippen molar-refractivity contribution in [3.63, 3.8) is 0 Å². The number of nitrogens with zero attached hydrogens (tertiary/aromatic N) is 2. The predicted octanol–water partition coefficient (Wildman–Crippen LogP) is 3.79. The van der Waals surface area contributed by atoms with Crippen molar-refractivity contribution < 1.29 is 0 Å². The molecular weight excluding hydrogens is 274 g/mol. The van der Waals surface area contributed by atoms with Crippen molar-refractivity contribution in [2.24, 2.45) is 0 Å². The lowest BCUT2D eigenvalue weighted by Crippen LogP contribution is -2.22. The summed E-state index contributed by atoms with van der Waals surface area (Å²) in [5.41, 5.74) is 8.30. The fraction of sp³-hybridized carbons (Fsp3) is 0.714. The van der Waals surface area contributed by atoms with Gasteiger partial charge in [-0.3, -0.25) is 0 Å². The van der Waals surface area contributed by atoms with E-state index < -0.39 is 0 Å². The summed E-state index contributed by atoms with van der Waals surface area (Å²) in [5.74, 6) is 4.40. The predicted molar refractivity (Wildman–Crippen MR) is 87.0 cm³/mol. The number of rotatable bonds is 3. The third-order valence-electron chi connectivity index (χ3n) is 3.47. The minimum atomic E-state index is 0.379. The minimum Gasteiger partial charge on any atom is -0.383 e. The third-order valence-corrected chi connectivity index (χ3v) is 6.71. The monoisotopic (exact) mass is 297 g/mol. The fourth-order valence-electron chi connectivity index (χ4n) is 2.61. The molecule has 0 aromatic carbocycles. The van der Waals surface area contributed by atoms with E-state index in [-0.39, 0.29) is 0 Å². The molecule has 1 fully saturated rings. The zero-order valence-corrected chi connectivity index (χ0v) is 13.8. The molecule has 0 spiro atoms. The summed E-state index contributed by atoms with van der Waals surface area (Å²) in [6.07, 6.45) is 1.16. The quantitative estimate of drug-likeness (QED) is 0.920. The maximum absolute atomic E-state index is 6.15. The highest BCUT2D eigenvalue weighted by molar-refractivity contribution is 8.06. The van der Waals surface area contributed by atoms with Gasteiger partial charge in [-0.15, -0.1) is 11.8 Å². The molecule has 0 bridgehead atoms. The van der Waals surface area contributed by atoms with E-state index in [1.165, 1.54) is 11.5 Å². The van der Waals surface area contributed by atoms with Crippen LogP contribution in [-0.2, 0) is 0 Å². The molecule has 0 radical (unpaired) electrons. The molecule has 2 unspecified atom stereocenters. The fourth-order valence-corrected chi connectivity index (χ4v) is 5.60. The third kappa shape index (κ3) is 3.19. The van der Waals surface area contributed by atoms with Gasteiger partial charge in [-0.25, -0.2) is 9.97 Å². The second-order valence-corrected chi connectivity index (χ2v) is 7.83. The van der Waals surface area contributed by atoms with Gasteiger partial charge in [0, 0.05) is 28.0 Å². The molecule has 1 aromatic rings. The number of nitrogen functional groups attached to an aromatic ring is 1. The Labute approximate surface area is 124 Å². The zero-order valence-electron chi connectivity index (χ0n) is 12.1. The van der Waals surface area contributed by atoms with E-state index >= 15 is 0 Å². The van der Waals surface area contributed by atoms with Crippen molar-refractivity contribution >= 4 is 29.3 Å². The Morgan fingerprint density at radius 2 is 1.95 bits per heavy atom. The zero-order chi connectivity index (χ0) is 14.0. The van der Waals surface area contributed by atoms with Crippen LogP contribution in [-0.4, -0.2) is 26.7 Å². The normalized spacial score (nSPS) is 23.8. The molecule has 2 N–H and O–H groups in total. The summed E-state index contributed by atoms with van der Waals surface area (Å²) < 4.78 is 0. The van der Waals surface area contributed by atoms with Crippen molar-refractivity contribution in [3.05, 3.63) is 17.1 Å². The molecule has 0 aliphatic carbocycles. The largest absolute Gasteiger partial charge is 0.383 e. The van der Waals surface area contributed by atoms with Gasteiger partial charge in [0.05, 0.1) is 5.25 Å². The van der Waals surface area contributed by atoms with Gasteiger partial charge in [-0.05, 0) is 19.3 Å². The Morgan fingerprint density at radius 1 is 1.26 bits per heavy atom. The summed E-state index contributed by atoms with van der Waals surface area (Å²) >= 11 is 4.03. The van der Waals surface area contributed by atoms with Gasteiger partial charge in [-0.2, -0.15) is 11.8 Å². The van der Waals surface area contributed by atoms with Crippen LogP contribution in [0.15, 0.2) is 0 Å². The molecule has 5 heteroatoms. The molecule has 2 rings (SSSR count). The summed E-state index contributed by atoms with van der Waals surface area (Å²) in [4.78, 5) is 9.36. The van der Waals surface area contributed by atoms with Gasteiger partial charge in [0.2, 0.25) is 0 Å². The molecule has 2 atom stereocenters. The first-order valence-corrected chi connectivity index (χ1v) is 9.01. The Hall–Kier alpha value is -0.420. The second kappa shape index (κ2) is 6.35. The van der Waals surface area contributed by atoms with E-state index in [1.807, 2.05) is 23.5 Å². The van der Waals surface area contributed by atoms with Gasteiger partial charge < -0.3 is 5.73 Å². The van der Waals surface area contributed by atoms with E-state index in [0.29, 0.717) is 22.2 Å². The van der Waals surface area contributed by atoms with Gasteiger partial charge >= 0.3 is 0 Å². The highest BCUT2D eigenvalue weighted by atomic mass is 32.2. The molecule has 3 nitrogen and oxygen atoms in total. The molecule has 1 aromatic heterocycles. The van der Waals surface area contributed by atoms with Crippen LogP contribution in [0.3, 0.4) is 0 Å². The Bertz CT molecular complexity index is 425. The first-order valence-electron chi connectivity index (χ1n) is 6.91. The maximum atomic E-state index is 6.15. The highest BCUT2D eigenvalue weighted by Crippen LogP contribution is 2.43. The topological polar surface area (TPSA) is 51.8 Å². The van der Waals surface area contributed by atoms with Crippen molar-refractivity contribution in [2.45, 2.75) is 50.5 Å². The van der Waals surface area contributed by atoms with E-state index in [1.54, 1.807) is 0 Å². The number of hydrogen-bond donors (Lipinski definition) is 1. The number of aromatic nitrogens is 2. The van der Waals surface area contributed by atoms with Crippen molar-refractivity contribution in [1.82, 2.24) is 9.97 Å². The first-order chi connectivity index (χ1) is 9.04. The first kappa shape index (κ1) is 15.0. The van der Waals surface area contributed by atoms with Crippen LogP contribution in [0.25, 0.3) is 0 Å². The summed E-state index contributed by atoms with van der Waals surface area (Å²) in [6.45, 7) is 8.58. The average molecular weight is 297 g/mol. The summed E-state index contributed by atoms with van der Waals surface area (Å²) in [5, 5.41) is 1.01. The minimum absolute atomic E-state index is 0.379. The van der Waals surface area contributed by atoms with Crippen LogP contribution >= 0.6 is 23.5 Å². The van der Waals surface area contributed by atoms with E-state index in [4.69, 9.17) is 10.7 Å². The molecule has 0 saturated carbocycles. The van der Waals surface area contributed by atoms with Gasteiger partial charge in [-0.1, -0.05) is 20.8 Å². The standard InChI is InChI=1S/C14H23N3S2/c1-5-10-12(19-7-6-18-10)14-16-9(4)11(8(2)3)13(15)17-14/h8,10,12H,5-7H2,1-4H3,(H2,15,16,17). The Balaban J connectivity index is 2.35. The van der Waals surface area contributed by atoms with Gasteiger partial charge in [0.1, 0.15) is 11.6 Å². The number of nitrogens with two attached hydrogens (primary N) is 1. The number of thioether (sulfide) groups is 2. The molecule has 2 heterocycles. The van der Waals surface area contributed by atoms with Crippen molar-refractivity contribution in [2.75, 3.05) is 17.2 Å². The molecule has 19 heavy (non-hydrogen) atoms. The number of aryl methyl sites for hydroxylation is 1. The lowest BCUT2D eigenvalue weighted by molar-refractivity contribution is 0.734.